The third-order valence-corrected chi connectivity index (χ3v) is 8.58. The molecule has 0 aromatic heterocycles. The molecular weight excluding hydrogens is 344 g/mol. The van der Waals surface area contributed by atoms with Crippen molar-refractivity contribution in [3.8, 4) is 0 Å². The van der Waals surface area contributed by atoms with Crippen LogP contribution in [0.5, 0.6) is 0 Å². The van der Waals surface area contributed by atoms with E-state index >= 15 is 0 Å². The van der Waals surface area contributed by atoms with Crippen LogP contribution < -0.4 is 0 Å². The average molecular weight is 377 g/mol. The molecule has 26 heavy (non-hydrogen) atoms. The van der Waals surface area contributed by atoms with Gasteiger partial charge >= 0.3 is 0 Å². The van der Waals surface area contributed by atoms with Crippen molar-refractivity contribution in [1.29, 1.82) is 0 Å². The molecule has 2 aliphatic heterocycles. The maximum Gasteiger partial charge on any atom is 0.262 e. The van der Waals surface area contributed by atoms with E-state index in [4.69, 9.17) is 0 Å². The third kappa shape index (κ3) is 3.61. The summed E-state index contributed by atoms with van der Waals surface area (Å²) in [6.07, 6.45) is 10.2. The van der Waals surface area contributed by atoms with Gasteiger partial charge in [-0.05, 0) is 75.5 Å². The van der Waals surface area contributed by atoms with Crippen LogP contribution >= 0.6 is 11.8 Å². The Labute approximate surface area is 161 Å². The predicted octanol–water partition coefficient (Wildman–Crippen LogP) is 4.28. The highest BCUT2D eigenvalue weighted by molar-refractivity contribution is 8.16. The molecule has 0 aromatic carbocycles. The minimum absolute atomic E-state index is 0.0905. The first-order valence-corrected chi connectivity index (χ1v) is 11.4. The summed E-state index contributed by atoms with van der Waals surface area (Å²) in [7, 11) is 0. The summed E-state index contributed by atoms with van der Waals surface area (Å²) in [6.45, 7) is 5.73. The van der Waals surface area contributed by atoms with Crippen LogP contribution in [0.2, 0.25) is 0 Å². The molecule has 0 radical (unpaired) electrons. The second-order valence-electron chi connectivity index (χ2n) is 9.16. The van der Waals surface area contributed by atoms with Gasteiger partial charge < -0.3 is 4.90 Å². The number of hydrogen-bond donors (Lipinski definition) is 0. The number of piperidine rings is 1. The zero-order chi connectivity index (χ0) is 18.3. The highest BCUT2D eigenvalue weighted by atomic mass is 32.2. The molecule has 5 heteroatoms. The Bertz CT molecular complexity index is 611. The fraction of sp³-hybridized carbons (Fsp3) is 0.857. The third-order valence-electron chi connectivity index (χ3n) is 7.29. The van der Waals surface area contributed by atoms with Crippen molar-refractivity contribution in [2.24, 2.45) is 28.7 Å². The number of rotatable bonds is 5. The summed E-state index contributed by atoms with van der Waals surface area (Å²) in [4.78, 5) is 31.0. The van der Waals surface area contributed by atoms with Crippen molar-refractivity contribution in [2.75, 3.05) is 13.1 Å². The molecule has 4 rings (SSSR count). The van der Waals surface area contributed by atoms with E-state index in [1.54, 1.807) is 11.8 Å². The van der Waals surface area contributed by atoms with Crippen LogP contribution in [0.25, 0.3) is 0 Å². The average Bonchev–Trinajstić information content (AvgIpc) is 3.30. The Morgan fingerprint density at radius 2 is 2.00 bits per heavy atom. The maximum absolute atomic E-state index is 12.7. The second kappa shape index (κ2) is 7.29. The van der Waals surface area contributed by atoms with Gasteiger partial charge in [-0.2, -0.15) is 0 Å². The number of nitrogens with zero attached hydrogens (tertiary/aromatic N) is 2. The molecule has 2 bridgehead atoms. The molecule has 0 N–H and O–H groups in total. The van der Waals surface area contributed by atoms with E-state index in [2.05, 4.69) is 11.9 Å². The molecule has 2 heterocycles. The van der Waals surface area contributed by atoms with Crippen molar-refractivity contribution in [2.45, 2.75) is 76.4 Å². The van der Waals surface area contributed by atoms with Gasteiger partial charge in [0.2, 0.25) is 5.91 Å². The summed E-state index contributed by atoms with van der Waals surface area (Å²) in [5.41, 5.74) is 0. The molecule has 1 unspecified atom stereocenters. The zero-order valence-corrected chi connectivity index (χ0v) is 17.0. The Balaban J connectivity index is 1.29. The van der Waals surface area contributed by atoms with E-state index in [-0.39, 0.29) is 16.6 Å². The second-order valence-corrected chi connectivity index (χ2v) is 10.7. The number of likely N-dealkylation sites (tertiary alicyclic amines) is 1. The number of thioether (sulfide) groups is 1. The molecule has 4 nitrogen and oxygen atoms in total. The van der Waals surface area contributed by atoms with Crippen LogP contribution in [-0.2, 0) is 9.59 Å². The van der Waals surface area contributed by atoms with Gasteiger partial charge in [-0.3, -0.25) is 9.59 Å². The van der Waals surface area contributed by atoms with Crippen molar-refractivity contribution in [1.82, 2.24) is 4.90 Å². The van der Waals surface area contributed by atoms with E-state index in [9.17, 15) is 9.59 Å². The van der Waals surface area contributed by atoms with E-state index in [1.807, 2.05) is 11.8 Å². The Morgan fingerprint density at radius 1 is 1.23 bits per heavy atom. The van der Waals surface area contributed by atoms with Gasteiger partial charge in [0.15, 0.2) is 0 Å². The van der Waals surface area contributed by atoms with Crippen LogP contribution in [0, 0.1) is 23.7 Å². The first kappa shape index (κ1) is 18.5. The lowest BCUT2D eigenvalue weighted by Crippen LogP contribution is -2.40. The summed E-state index contributed by atoms with van der Waals surface area (Å²) in [5, 5.41) is 1.11. The summed E-state index contributed by atoms with van der Waals surface area (Å²) >= 11 is 1.76. The van der Waals surface area contributed by atoms with E-state index in [0.29, 0.717) is 12.3 Å². The van der Waals surface area contributed by atoms with Gasteiger partial charge in [0.25, 0.3) is 5.91 Å². The van der Waals surface area contributed by atoms with Crippen LogP contribution in [0.3, 0.4) is 0 Å². The van der Waals surface area contributed by atoms with Gasteiger partial charge in [-0.1, -0.05) is 25.1 Å². The highest BCUT2D eigenvalue weighted by Crippen LogP contribution is 2.51. The van der Waals surface area contributed by atoms with Crippen molar-refractivity contribution < 1.29 is 9.59 Å². The number of carbonyl (C=O) groups excluding carboxylic acids is 2. The first-order valence-electron chi connectivity index (χ1n) is 10.6. The minimum atomic E-state index is -0.367. The minimum Gasteiger partial charge on any atom is -0.343 e. The number of fused-ring (bicyclic) bond motifs is 2. The quantitative estimate of drug-likeness (QED) is 0.719. The monoisotopic (exact) mass is 376 g/mol. The van der Waals surface area contributed by atoms with Gasteiger partial charge in [-0.25, -0.2) is 4.99 Å². The van der Waals surface area contributed by atoms with Crippen LogP contribution in [-0.4, -0.2) is 39.6 Å². The molecule has 2 aliphatic carbocycles. The number of carbonyl (C=O) groups is 2. The smallest absolute Gasteiger partial charge is 0.262 e. The normalized spacial score (nSPS) is 37.5. The van der Waals surface area contributed by atoms with E-state index in [1.165, 1.54) is 25.7 Å². The Hall–Kier alpha value is -0.840. The van der Waals surface area contributed by atoms with Gasteiger partial charge in [-0.15, -0.1) is 0 Å². The largest absolute Gasteiger partial charge is 0.343 e. The molecule has 1 saturated heterocycles. The summed E-state index contributed by atoms with van der Waals surface area (Å²) in [5.74, 6) is 3.51. The standard InChI is InChI=1S/C21H32N2O2S/c1-3-19(24)23-8-6-14(7-9-23)13-21(2)20(25)22-18(26-21)12-17-11-15-4-5-16(17)10-15/h14-17H,3-13H2,1-2H3/t15-,16+,17-,21?/m1/s1. The van der Waals surface area contributed by atoms with Gasteiger partial charge in [0.05, 0.1) is 5.04 Å². The molecule has 4 aliphatic rings. The lowest BCUT2D eigenvalue weighted by Gasteiger charge is -2.35. The summed E-state index contributed by atoms with van der Waals surface area (Å²) in [6, 6.07) is 0. The predicted molar refractivity (Wildman–Crippen MR) is 106 cm³/mol. The van der Waals surface area contributed by atoms with Gasteiger partial charge in [0.1, 0.15) is 4.75 Å². The Morgan fingerprint density at radius 3 is 2.62 bits per heavy atom. The van der Waals surface area contributed by atoms with Crippen molar-refractivity contribution in [3.05, 3.63) is 0 Å². The zero-order valence-electron chi connectivity index (χ0n) is 16.2. The molecule has 144 valence electrons. The molecule has 4 atom stereocenters. The fourth-order valence-corrected chi connectivity index (χ4v) is 7.18. The van der Waals surface area contributed by atoms with Gasteiger partial charge in [0, 0.05) is 19.5 Å². The van der Waals surface area contributed by atoms with Crippen molar-refractivity contribution in [3.63, 3.8) is 0 Å². The maximum atomic E-state index is 12.7. The molecule has 0 aromatic rings. The SMILES string of the molecule is CCC(=O)N1CCC(CC2(C)SC(C[C@H]3C[C@@H]4CC[C@H]3C4)=NC2=O)CC1. The van der Waals surface area contributed by atoms with Crippen LogP contribution in [0.1, 0.15) is 71.6 Å². The highest BCUT2D eigenvalue weighted by Gasteiger charge is 2.45. The number of amides is 2. The lowest BCUT2D eigenvalue weighted by atomic mass is 9.86. The molecule has 2 saturated carbocycles. The van der Waals surface area contributed by atoms with Crippen LogP contribution in [0.4, 0.5) is 0 Å². The van der Waals surface area contributed by atoms with E-state index in [0.717, 1.165) is 61.6 Å². The van der Waals surface area contributed by atoms with E-state index < -0.39 is 0 Å². The number of hydrogen-bond acceptors (Lipinski definition) is 3. The summed E-state index contributed by atoms with van der Waals surface area (Å²) < 4.78 is -0.367. The molecule has 2 amide bonds. The molecule has 3 fully saturated rings. The number of aliphatic imine (C=N–C) groups is 1. The fourth-order valence-electron chi connectivity index (χ4n) is 5.79. The lowest BCUT2D eigenvalue weighted by molar-refractivity contribution is -0.132. The topological polar surface area (TPSA) is 49.7 Å². The molecule has 0 spiro atoms. The first-order chi connectivity index (χ1) is 12.5. The Kier molecular flexibility index (Phi) is 5.19. The molecular formula is C21H32N2O2S. The van der Waals surface area contributed by atoms with Crippen LogP contribution in [0.15, 0.2) is 4.99 Å². The van der Waals surface area contributed by atoms with Crippen molar-refractivity contribution >= 4 is 28.6 Å².